The zero-order valence-electron chi connectivity index (χ0n) is 4.85. The molecule has 1 heteroatoms. The van der Waals surface area contributed by atoms with Gasteiger partial charge in [-0.15, -0.1) is 9.24 Å². The molecule has 0 bridgehead atoms. The highest BCUT2D eigenvalue weighted by molar-refractivity contribution is 7.17. The van der Waals surface area contributed by atoms with Crippen molar-refractivity contribution in [3.05, 3.63) is 0 Å². The smallest absolute Gasteiger partial charge is 0.0238 e. The second-order valence-electron chi connectivity index (χ2n) is 2.57. The van der Waals surface area contributed by atoms with E-state index in [1.807, 2.05) is 0 Å². The van der Waals surface area contributed by atoms with Gasteiger partial charge in [-0.25, -0.2) is 0 Å². The van der Waals surface area contributed by atoms with Crippen molar-refractivity contribution < 1.29 is 0 Å². The van der Waals surface area contributed by atoms with Gasteiger partial charge < -0.3 is 0 Å². The molecule has 1 aliphatic rings. The van der Waals surface area contributed by atoms with Gasteiger partial charge in [0.05, 0.1) is 0 Å². The zero-order chi connectivity index (χ0) is 5.28. The number of hydrogen-bond acceptors (Lipinski definition) is 0. The molecule has 42 valence electrons. The van der Waals surface area contributed by atoms with Crippen LogP contribution in [0, 0.1) is 5.92 Å². The summed E-state index contributed by atoms with van der Waals surface area (Å²) in [4.78, 5) is 0. The average molecular weight is 116 g/mol. The lowest BCUT2D eigenvalue weighted by atomic mass is 10.1. The van der Waals surface area contributed by atoms with E-state index in [4.69, 9.17) is 0 Å². The topological polar surface area (TPSA) is 0 Å². The first-order chi connectivity index (χ1) is 3.30. The fourth-order valence-corrected chi connectivity index (χ4v) is 1.60. The maximum absolute atomic E-state index is 2.91. The van der Waals surface area contributed by atoms with Crippen molar-refractivity contribution in [1.29, 1.82) is 0 Å². The molecule has 1 saturated carbocycles. The Hall–Kier alpha value is 0.430. The molecule has 0 N–H and O–H groups in total. The Kier molecular flexibility index (Phi) is 1.69. The van der Waals surface area contributed by atoms with Crippen LogP contribution in [0.4, 0.5) is 0 Å². The molecule has 1 rings (SSSR count). The minimum absolute atomic E-state index is 0.931. The highest BCUT2D eigenvalue weighted by Crippen LogP contribution is 2.30. The van der Waals surface area contributed by atoms with Gasteiger partial charge in [0.25, 0.3) is 0 Å². The molecule has 0 radical (unpaired) electrons. The van der Waals surface area contributed by atoms with Crippen molar-refractivity contribution in [1.82, 2.24) is 0 Å². The van der Waals surface area contributed by atoms with E-state index in [1.54, 1.807) is 0 Å². The molecule has 0 heterocycles. The van der Waals surface area contributed by atoms with Crippen LogP contribution < -0.4 is 0 Å². The SMILES string of the molecule is C[C@@H]1CCC[C@H]1P. The third-order valence-electron chi connectivity index (χ3n) is 1.93. The normalized spacial score (nSPS) is 42.0. The maximum Gasteiger partial charge on any atom is -0.0238 e. The Balaban J connectivity index is 2.33. The maximum atomic E-state index is 2.91. The summed E-state index contributed by atoms with van der Waals surface area (Å²) in [6.45, 7) is 2.34. The van der Waals surface area contributed by atoms with Gasteiger partial charge in [-0.3, -0.25) is 0 Å². The van der Waals surface area contributed by atoms with E-state index in [2.05, 4.69) is 16.2 Å². The van der Waals surface area contributed by atoms with Crippen LogP contribution in [0.3, 0.4) is 0 Å². The Morgan fingerprint density at radius 3 is 2.29 bits per heavy atom. The van der Waals surface area contributed by atoms with Crippen LogP contribution >= 0.6 is 9.24 Å². The summed E-state index contributed by atoms with van der Waals surface area (Å²) in [6.07, 6.45) is 4.34. The fraction of sp³-hybridized carbons (Fsp3) is 1.00. The van der Waals surface area contributed by atoms with Crippen molar-refractivity contribution in [2.75, 3.05) is 0 Å². The van der Waals surface area contributed by atoms with Crippen LogP contribution in [0.1, 0.15) is 26.2 Å². The summed E-state index contributed by atoms with van der Waals surface area (Å²) in [5, 5.41) is 0. The fourth-order valence-electron chi connectivity index (χ4n) is 1.17. The van der Waals surface area contributed by atoms with E-state index in [0.29, 0.717) is 0 Å². The largest absolute Gasteiger partial charge is 0.134 e. The molecule has 0 amide bonds. The third-order valence-corrected chi connectivity index (χ3v) is 2.92. The summed E-state index contributed by atoms with van der Waals surface area (Å²) in [7, 11) is 2.91. The molecule has 7 heavy (non-hydrogen) atoms. The molecule has 0 aromatic rings. The van der Waals surface area contributed by atoms with Gasteiger partial charge in [-0.2, -0.15) is 0 Å². The molecule has 0 spiro atoms. The lowest BCUT2D eigenvalue weighted by molar-refractivity contribution is 0.624. The van der Waals surface area contributed by atoms with Gasteiger partial charge in [0.15, 0.2) is 0 Å². The van der Waals surface area contributed by atoms with Crippen molar-refractivity contribution in [3.8, 4) is 0 Å². The quantitative estimate of drug-likeness (QED) is 0.425. The molecule has 3 atom stereocenters. The van der Waals surface area contributed by atoms with Crippen LogP contribution in [0.2, 0.25) is 0 Å². The minimum Gasteiger partial charge on any atom is -0.134 e. The van der Waals surface area contributed by atoms with Crippen LogP contribution in [0.15, 0.2) is 0 Å². The van der Waals surface area contributed by atoms with Gasteiger partial charge >= 0.3 is 0 Å². The van der Waals surface area contributed by atoms with E-state index in [9.17, 15) is 0 Å². The van der Waals surface area contributed by atoms with E-state index in [1.165, 1.54) is 19.3 Å². The summed E-state index contributed by atoms with van der Waals surface area (Å²) in [6, 6.07) is 0. The molecular weight excluding hydrogens is 103 g/mol. The van der Waals surface area contributed by atoms with Crippen molar-refractivity contribution in [2.24, 2.45) is 5.92 Å². The second kappa shape index (κ2) is 2.13. The Morgan fingerprint density at radius 2 is 2.14 bits per heavy atom. The first-order valence-electron chi connectivity index (χ1n) is 3.06. The van der Waals surface area contributed by atoms with Gasteiger partial charge in [-0.05, 0) is 18.0 Å². The van der Waals surface area contributed by atoms with E-state index in [-0.39, 0.29) is 0 Å². The van der Waals surface area contributed by atoms with Gasteiger partial charge in [0.1, 0.15) is 0 Å². The molecule has 0 nitrogen and oxygen atoms in total. The van der Waals surface area contributed by atoms with Gasteiger partial charge in [0.2, 0.25) is 0 Å². The number of rotatable bonds is 0. The summed E-state index contributed by atoms with van der Waals surface area (Å²) in [5.41, 5.74) is 0.931. The number of hydrogen-bond donors (Lipinski definition) is 0. The molecule has 1 fully saturated rings. The Morgan fingerprint density at radius 1 is 1.43 bits per heavy atom. The highest BCUT2D eigenvalue weighted by atomic mass is 31.0. The predicted molar refractivity (Wildman–Crippen MR) is 36.5 cm³/mol. The molecule has 0 saturated heterocycles. The summed E-state index contributed by atoms with van der Waals surface area (Å²) in [5.74, 6) is 0.977. The van der Waals surface area contributed by atoms with Crippen molar-refractivity contribution in [3.63, 3.8) is 0 Å². The molecule has 0 aliphatic heterocycles. The molecule has 1 aliphatic carbocycles. The van der Waals surface area contributed by atoms with Gasteiger partial charge in [-0.1, -0.05) is 19.8 Å². The Labute approximate surface area is 47.9 Å². The van der Waals surface area contributed by atoms with Crippen LogP contribution in [-0.2, 0) is 0 Å². The predicted octanol–water partition coefficient (Wildman–Crippen LogP) is 2.05. The lowest BCUT2D eigenvalue weighted by Crippen LogP contribution is -1.98. The standard InChI is InChI=1S/C6H13P/c1-5-3-2-4-6(5)7/h5-6H,2-4,7H2,1H3/t5-,6-/m1/s1. The molecular formula is C6H13P. The minimum atomic E-state index is 0.931. The van der Waals surface area contributed by atoms with Crippen LogP contribution in [0.25, 0.3) is 0 Å². The van der Waals surface area contributed by atoms with Crippen molar-refractivity contribution >= 4 is 9.24 Å². The van der Waals surface area contributed by atoms with E-state index >= 15 is 0 Å². The zero-order valence-corrected chi connectivity index (χ0v) is 6.01. The molecule has 1 unspecified atom stereocenters. The highest BCUT2D eigenvalue weighted by Gasteiger charge is 2.17. The Bertz CT molecular complexity index is 53.2. The van der Waals surface area contributed by atoms with Crippen LogP contribution in [0.5, 0.6) is 0 Å². The molecule has 0 aromatic heterocycles. The summed E-state index contributed by atoms with van der Waals surface area (Å²) < 4.78 is 0. The first kappa shape index (κ1) is 5.56. The summed E-state index contributed by atoms with van der Waals surface area (Å²) >= 11 is 0. The lowest BCUT2D eigenvalue weighted by Gasteiger charge is -2.04. The van der Waals surface area contributed by atoms with E-state index < -0.39 is 0 Å². The third kappa shape index (κ3) is 1.16. The average Bonchev–Trinajstić information content (AvgIpc) is 1.91. The van der Waals surface area contributed by atoms with Crippen LogP contribution in [-0.4, -0.2) is 5.66 Å². The van der Waals surface area contributed by atoms with E-state index in [0.717, 1.165) is 11.6 Å². The monoisotopic (exact) mass is 116 g/mol. The van der Waals surface area contributed by atoms with Crippen molar-refractivity contribution in [2.45, 2.75) is 31.8 Å². The van der Waals surface area contributed by atoms with Gasteiger partial charge in [0, 0.05) is 0 Å². The first-order valence-corrected chi connectivity index (χ1v) is 3.73. The second-order valence-corrected chi connectivity index (χ2v) is 3.43. The molecule has 0 aromatic carbocycles.